The van der Waals surface area contributed by atoms with Crippen LogP contribution in [0.2, 0.25) is 5.02 Å². The predicted octanol–water partition coefficient (Wildman–Crippen LogP) is 2.72. The number of carbonyl (C=O) groups excluding carboxylic acids is 2. The van der Waals surface area contributed by atoms with Crippen LogP contribution in [0.25, 0.3) is 0 Å². The molecule has 0 aliphatic carbocycles. The van der Waals surface area contributed by atoms with Crippen molar-refractivity contribution in [2.24, 2.45) is 0 Å². The summed E-state index contributed by atoms with van der Waals surface area (Å²) in [5.74, 6) is -0.752. The van der Waals surface area contributed by atoms with Crippen molar-refractivity contribution in [3.05, 3.63) is 17.2 Å². The molecule has 1 aromatic carbocycles. The van der Waals surface area contributed by atoms with Crippen LogP contribution in [-0.2, 0) is 9.59 Å². The summed E-state index contributed by atoms with van der Waals surface area (Å²) in [6, 6.07) is 2.94. The number of carbonyl (C=O) groups is 2. The zero-order chi connectivity index (χ0) is 20.4. The summed E-state index contributed by atoms with van der Waals surface area (Å²) in [6.07, 6.45) is 1.46. The molecule has 1 aliphatic rings. The molecule has 2 rings (SSSR count). The monoisotopic (exact) mass is 397 g/mol. The van der Waals surface area contributed by atoms with Gasteiger partial charge in [0.25, 0.3) is 0 Å². The fourth-order valence-electron chi connectivity index (χ4n) is 3.81. The molecule has 8 heteroatoms. The molecule has 7 nitrogen and oxygen atoms in total. The normalized spacial score (nSPS) is 18.5. The second kappa shape index (κ2) is 7.94. The first-order chi connectivity index (χ1) is 12.5. The Bertz CT molecular complexity index is 718. The third-order valence-electron chi connectivity index (χ3n) is 4.45. The van der Waals surface area contributed by atoms with Gasteiger partial charge in [0.15, 0.2) is 0 Å². The lowest BCUT2D eigenvalue weighted by Gasteiger charge is -2.46. The predicted molar refractivity (Wildman–Crippen MR) is 106 cm³/mol. The molecule has 2 amide bonds. The number of halogens is 1. The van der Waals surface area contributed by atoms with Crippen LogP contribution in [0.3, 0.4) is 0 Å². The Morgan fingerprint density at radius 1 is 1.04 bits per heavy atom. The Balaban J connectivity index is 2.09. The number of hydrogen-bond donors (Lipinski definition) is 3. The Morgan fingerprint density at radius 3 is 2.11 bits per heavy atom. The average Bonchev–Trinajstić information content (AvgIpc) is 2.52. The Hall–Kier alpha value is -1.99. The minimum absolute atomic E-state index is 0.101. The number of benzene rings is 1. The Labute approximate surface area is 165 Å². The van der Waals surface area contributed by atoms with E-state index >= 15 is 0 Å². The minimum Gasteiger partial charge on any atom is -0.495 e. The van der Waals surface area contributed by atoms with Gasteiger partial charge in [0.2, 0.25) is 0 Å². The quantitative estimate of drug-likeness (QED) is 0.680. The highest BCUT2D eigenvalue weighted by Crippen LogP contribution is 2.36. The molecule has 0 atom stereocenters. The molecule has 0 spiro atoms. The summed E-state index contributed by atoms with van der Waals surface area (Å²) >= 11 is 6.06. The maximum Gasteiger partial charge on any atom is 0.313 e. The second-order valence-electron chi connectivity index (χ2n) is 8.11. The van der Waals surface area contributed by atoms with Crippen LogP contribution in [0.5, 0.6) is 11.5 Å². The number of nitrogens with one attached hydrogen (secondary N) is 3. The second-order valence-corrected chi connectivity index (χ2v) is 8.52. The van der Waals surface area contributed by atoms with Gasteiger partial charge < -0.3 is 25.4 Å². The molecule has 3 N–H and O–H groups in total. The molecule has 0 saturated carbocycles. The van der Waals surface area contributed by atoms with Crippen LogP contribution in [0, 0.1) is 0 Å². The molecule has 1 aliphatic heterocycles. The van der Waals surface area contributed by atoms with E-state index in [9.17, 15) is 9.59 Å². The van der Waals surface area contributed by atoms with Crippen molar-refractivity contribution in [1.82, 2.24) is 10.6 Å². The number of ether oxygens (including phenoxy) is 2. The van der Waals surface area contributed by atoms with Crippen LogP contribution < -0.4 is 25.4 Å². The third kappa shape index (κ3) is 5.49. The first-order valence-corrected chi connectivity index (χ1v) is 9.17. The molecule has 1 fully saturated rings. The lowest BCUT2D eigenvalue weighted by molar-refractivity contribution is -0.137. The van der Waals surface area contributed by atoms with Crippen molar-refractivity contribution in [3.8, 4) is 11.5 Å². The van der Waals surface area contributed by atoms with E-state index in [-0.39, 0.29) is 17.1 Å². The van der Waals surface area contributed by atoms with E-state index in [0.29, 0.717) is 22.2 Å². The molecule has 27 heavy (non-hydrogen) atoms. The number of anilines is 1. The molecule has 0 unspecified atom stereocenters. The first kappa shape index (κ1) is 21.3. The van der Waals surface area contributed by atoms with Gasteiger partial charge in [-0.2, -0.15) is 0 Å². The molecule has 1 heterocycles. The summed E-state index contributed by atoms with van der Waals surface area (Å²) in [5.41, 5.74) is 0.0381. The summed E-state index contributed by atoms with van der Waals surface area (Å²) in [5, 5.41) is 9.29. The molecule has 1 saturated heterocycles. The summed E-state index contributed by atoms with van der Waals surface area (Å²) in [6.45, 7) is 8.33. The fourth-order valence-corrected chi connectivity index (χ4v) is 4.04. The maximum absolute atomic E-state index is 12.4. The maximum atomic E-state index is 12.4. The molecular weight excluding hydrogens is 370 g/mol. The molecule has 0 aromatic heterocycles. The van der Waals surface area contributed by atoms with E-state index in [4.69, 9.17) is 21.1 Å². The van der Waals surface area contributed by atoms with Gasteiger partial charge in [-0.05, 0) is 40.5 Å². The van der Waals surface area contributed by atoms with Crippen molar-refractivity contribution in [2.75, 3.05) is 19.5 Å². The molecule has 0 radical (unpaired) electrons. The zero-order valence-corrected chi connectivity index (χ0v) is 17.4. The van der Waals surface area contributed by atoms with Gasteiger partial charge in [-0.3, -0.25) is 9.59 Å². The van der Waals surface area contributed by atoms with Crippen molar-refractivity contribution in [1.29, 1.82) is 0 Å². The standard InChI is InChI=1S/C19H28ClN3O4/c1-18(2)9-11(10-19(3,4)23-18)21-16(24)17(25)22-13-8-14(26-5)12(20)7-15(13)27-6/h7-8,11,23H,9-10H2,1-6H3,(H,21,24)(H,22,25). The van der Waals surface area contributed by atoms with Crippen LogP contribution in [0.1, 0.15) is 40.5 Å². The number of hydrogen-bond acceptors (Lipinski definition) is 5. The SMILES string of the molecule is COc1cc(NC(=O)C(=O)NC2CC(C)(C)NC(C)(C)C2)c(OC)cc1Cl. The van der Waals surface area contributed by atoms with E-state index in [2.05, 4.69) is 43.6 Å². The number of rotatable bonds is 4. The van der Waals surface area contributed by atoms with Gasteiger partial charge >= 0.3 is 11.8 Å². The van der Waals surface area contributed by atoms with E-state index in [1.807, 2.05) is 0 Å². The summed E-state index contributed by atoms with van der Waals surface area (Å²) in [4.78, 5) is 24.8. The topological polar surface area (TPSA) is 88.7 Å². The third-order valence-corrected chi connectivity index (χ3v) is 4.75. The van der Waals surface area contributed by atoms with E-state index in [1.165, 1.54) is 26.4 Å². The summed E-state index contributed by atoms with van der Waals surface area (Å²) < 4.78 is 10.4. The van der Waals surface area contributed by atoms with Gasteiger partial charge in [0.1, 0.15) is 11.5 Å². The number of methoxy groups -OCH3 is 2. The molecule has 150 valence electrons. The average molecular weight is 398 g/mol. The Morgan fingerprint density at radius 2 is 1.59 bits per heavy atom. The van der Waals surface area contributed by atoms with Crippen LogP contribution in [0.4, 0.5) is 5.69 Å². The van der Waals surface area contributed by atoms with Gasteiger partial charge in [-0.1, -0.05) is 11.6 Å². The van der Waals surface area contributed by atoms with Crippen molar-refractivity contribution in [3.63, 3.8) is 0 Å². The van der Waals surface area contributed by atoms with Gasteiger partial charge in [0, 0.05) is 29.3 Å². The van der Waals surface area contributed by atoms with Crippen molar-refractivity contribution < 1.29 is 19.1 Å². The van der Waals surface area contributed by atoms with Crippen LogP contribution in [0.15, 0.2) is 12.1 Å². The largest absolute Gasteiger partial charge is 0.495 e. The number of piperidine rings is 1. The van der Waals surface area contributed by atoms with Gasteiger partial charge in [-0.25, -0.2) is 0 Å². The highest BCUT2D eigenvalue weighted by Gasteiger charge is 2.38. The highest BCUT2D eigenvalue weighted by molar-refractivity contribution is 6.40. The van der Waals surface area contributed by atoms with Crippen molar-refractivity contribution >= 4 is 29.1 Å². The van der Waals surface area contributed by atoms with Crippen molar-refractivity contribution in [2.45, 2.75) is 57.7 Å². The number of amides is 2. The minimum atomic E-state index is -0.771. The van der Waals surface area contributed by atoms with E-state index in [1.54, 1.807) is 0 Å². The van der Waals surface area contributed by atoms with E-state index < -0.39 is 11.8 Å². The van der Waals surface area contributed by atoms with Crippen LogP contribution >= 0.6 is 11.6 Å². The molecule has 0 bridgehead atoms. The lowest BCUT2D eigenvalue weighted by atomic mass is 9.79. The lowest BCUT2D eigenvalue weighted by Crippen LogP contribution is -2.62. The van der Waals surface area contributed by atoms with Crippen LogP contribution in [-0.4, -0.2) is 43.2 Å². The van der Waals surface area contributed by atoms with Gasteiger partial charge in [0.05, 0.1) is 24.9 Å². The van der Waals surface area contributed by atoms with Gasteiger partial charge in [-0.15, -0.1) is 0 Å². The fraction of sp³-hybridized carbons (Fsp3) is 0.579. The zero-order valence-electron chi connectivity index (χ0n) is 16.7. The first-order valence-electron chi connectivity index (χ1n) is 8.79. The Kier molecular flexibility index (Phi) is 6.27. The smallest absolute Gasteiger partial charge is 0.313 e. The summed E-state index contributed by atoms with van der Waals surface area (Å²) in [7, 11) is 2.92. The highest BCUT2D eigenvalue weighted by atomic mass is 35.5. The van der Waals surface area contributed by atoms with E-state index in [0.717, 1.165) is 12.8 Å². The molecular formula is C19H28ClN3O4. The molecule has 1 aromatic rings.